The highest BCUT2D eigenvalue weighted by Gasteiger charge is 2.46. The number of sulfonamides is 1. The van der Waals surface area contributed by atoms with Crippen LogP contribution in [-0.4, -0.2) is 42.8 Å². The first kappa shape index (κ1) is 15.1. The Hall–Kier alpha value is -1.31. The zero-order chi connectivity index (χ0) is 15.3. The minimum Gasteiger partial charge on any atom is -0.485 e. The maximum atomic E-state index is 11.8. The molecule has 6 nitrogen and oxygen atoms in total. The molecule has 0 fully saturated rings. The molecule has 112 valence electrons. The van der Waals surface area contributed by atoms with Crippen LogP contribution in [-0.2, 0) is 10.0 Å². The van der Waals surface area contributed by atoms with Gasteiger partial charge in [0.2, 0.25) is 10.0 Å². The molecule has 0 bridgehead atoms. The minimum atomic E-state index is -3.46. The highest BCUT2D eigenvalue weighted by Crippen LogP contribution is 2.43. The van der Waals surface area contributed by atoms with Gasteiger partial charge in [-0.05, 0) is 32.0 Å². The van der Waals surface area contributed by atoms with E-state index in [0.717, 1.165) is 10.6 Å². The van der Waals surface area contributed by atoms with E-state index in [1.54, 1.807) is 32.0 Å². The molecule has 0 aromatic heterocycles. The van der Waals surface area contributed by atoms with Gasteiger partial charge in [0.05, 0.1) is 12.3 Å². The summed E-state index contributed by atoms with van der Waals surface area (Å²) in [4.78, 5) is 0. The second-order valence-electron chi connectivity index (χ2n) is 5.67. The van der Waals surface area contributed by atoms with Crippen LogP contribution in [0.2, 0.25) is 0 Å². The maximum Gasteiger partial charge on any atom is 0.211 e. The number of ether oxygens (including phenoxy) is 1. The van der Waals surface area contributed by atoms with Crippen LogP contribution in [0.5, 0.6) is 5.75 Å². The summed E-state index contributed by atoms with van der Waals surface area (Å²) < 4.78 is 30.6. The summed E-state index contributed by atoms with van der Waals surface area (Å²) in [6.45, 7) is 3.44. The summed E-state index contributed by atoms with van der Waals surface area (Å²) in [5.74, 6) is 0.537. The normalized spacial score (nSPS) is 25.1. The van der Waals surface area contributed by atoms with Gasteiger partial charge in [0, 0.05) is 18.3 Å². The smallest absolute Gasteiger partial charge is 0.211 e. The first-order valence-electron chi connectivity index (χ1n) is 6.23. The van der Waals surface area contributed by atoms with E-state index in [4.69, 9.17) is 10.5 Å². The number of aliphatic hydroxyl groups excluding tert-OH is 1. The van der Waals surface area contributed by atoms with Gasteiger partial charge in [-0.15, -0.1) is 0 Å². The predicted octanol–water partition coefficient (Wildman–Crippen LogP) is 0.733. The second kappa shape index (κ2) is 4.61. The minimum absolute atomic E-state index is 0.492. The zero-order valence-electron chi connectivity index (χ0n) is 12.0. The molecule has 20 heavy (non-hydrogen) atoms. The van der Waals surface area contributed by atoms with Gasteiger partial charge in [-0.1, -0.05) is 0 Å². The molecule has 0 unspecified atom stereocenters. The lowest BCUT2D eigenvalue weighted by atomic mass is 9.86. The molecule has 1 heterocycles. The molecule has 0 saturated carbocycles. The van der Waals surface area contributed by atoms with Crippen LogP contribution in [0.15, 0.2) is 18.2 Å². The number of rotatable bonds is 2. The van der Waals surface area contributed by atoms with Gasteiger partial charge < -0.3 is 15.6 Å². The maximum absolute atomic E-state index is 11.8. The van der Waals surface area contributed by atoms with Crippen LogP contribution in [0.1, 0.15) is 25.5 Å². The Kier molecular flexibility index (Phi) is 3.48. The molecule has 0 saturated heterocycles. The first-order valence-corrected chi connectivity index (χ1v) is 8.08. The Morgan fingerprint density at radius 3 is 2.55 bits per heavy atom. The highest BCUT2D eigenvalue weighted by atomic mass is 32.2. The molecule has 7 heteroatoms. The van der Waals surface area contributed by atoms with E-state index in [-0.39, 0.29) is 0 Å². The van der Waals surface area contributed by atoms with Crippen molar-refractivity contribution >= 4 is 15.7 Å². The van der Waals surface area contributed by atoms with Gasteiger partial charge in [-0.2, -0.15) is 4.31 Å². The molecular formula is C13H20N2O4S. The standard InChI is InChI=1S/C13H20N2O4S/c1-13(2)12(16)11(15(3)20(4,17)18)9-7-8(14)5-6-10(9)19-13/h5-7,11-12,16H,14H2,1-4H3/t11-,12+/m0/s1. The molecule has 1 aromatic carbocycles. The number of anilines is 1. The lowest BCUT2D eigenvalue weighted by molar-refractivity contribution is -0.0762. The number of fused-ring (bicyclic) bond motifs is 1. The SMILES string of the molecule is CN([C@H]1c2cc(N)ccc2OC(C)(C)[C@@H]1O)S(C)(=O)=O. The first-order chi connectivity index (χ1) is 9.04. The Balaban J connectivity index is 2.62. The van der Waals surface area contributed by atoms with Crippen molar-refractivity contribution < 1.29 is 18.3 Å². The second-order valence-corrected chi connectivity index (χ2v) is 7.71. The molecule has 3 N–H and O–H groups in total. The van der Waals surface area contributed by atoms with E-state index >= 15 is 0 Å². The van der Waals surface area contributed by atoms with Crippen LogP contribution >= 0.6 is 0 Å². The topological polar surface area (TPSA) is 92.9 Å². The van der Waals surface area contributed by atoms with Crippen molar-refractivity contribution in [3.8, 4) is 5.75 Å². The Morgan fingerprint density at radius 1 is 1.40 bits per heavy atom. The summed E-state index contributed by atoms with van der Waals surface area (Å²) in [7, 11) is -2.02. The third-order valence-corrected chi connectivity index (χ3v) is 4.93. The average Bonchev–Trinajstić information content (AvgIpc) is 2.30. The zero-order valence-corrected chi connectivity index (χ0v) is 12.8. The van der Waals surface area contributed by atoms with Crippen LogP contribution in [0.4, 0.5) is 5.69 Å². The van der Waals surface area contributed by atoms with Crippen molar-refractivity contribution in [1.29, 1.82) is 0 Å². The molecule has 1 aliphatic heterocycles. The monoisotopic (exact) mass is 300 g/mol. The summed E-state index contributed by atoms with van der Waals surface area (Å²) in [5, 5.41) is 10.5. The number of hydrogen-bond donors (Lipinski definition) is 2. The van der Waals surface area contributed by atoms with Crippen molar-refractivity contribution in [3.05, 3.63) is 23.8 Å². The van der Waals surface area contributed by atoms with E-state index < -0.39 is 27.8 Å². The van der Waals surface area contributed by atoms with Crippen molar-refractivity contribution in [1.82, 2.24) is 4.31 Å². The lowest BCUT2D eigenvalue weighted by Crippen LogP contribution is -2.53. The number of aliphatic hydroxyl groups is 1. The van der Waals surface area contributed by atoms with Gasteiger partial charge >= 0.3 is 0 Å². The Labute approximate surface area is 119 Å². The fraction of sp³-hybridized carbons (Fsp3) is 0.538. The Morgan fingerprint density at radius 2 is 2.00 bits per heavy atom. The van der Waals surface area contributed by atoms with Crippen LogP contribution in [0, 0.1) is 0 Å². The largest absolute Gasteiger partial charge is 0.485 e. The summed E-state index contributed by atoms with van der Waals surface area (Å²) >= 11 is 0. The molecule has 0 radical (unpaired) electrons. The van der Waals surface area contributed by atoms with E-state index in [1.165, 1.54) is 7.05 Å². The molecular weight excluding hydrogens is 280 g/mol. The quantitative estimate of drug-likeness (QED) is 0.786. The third-order valence-electron chi connectivity index (χ3n) is 3.65. The third kappa shape index (κ3) is 2.48. The van der Waals surface area contributed by atoms with Crippen molar-refractivity contribution in [2.45, 2.75) is 31.6 Å². The fourth-order valence-corrected chi connectivity index (χ4v) is 3.03. The summed E-state index contributed by atoms with van der Waals surface area (Å²) in [5.41, 5.74) is 5.93. The van der Waals surface area contributed by atoms with E-state index in [0.29, 0.717) is 17.0 Å². The van der Waals surface area contributed by atoms with Gasteiger partial charge in [0.1, 0.15) is 17.5 Å². The molecule has 2 rings (SSSR count). The van der Waals surface area contributed by atoms with Crippen LogP contribution in [0.3, 0.4) is 0 Å². The van der Waals surface area contributed by atoms with Crippen LogP contribution < -0.4 is 10.5 Å². The number of hydrogen-bond acceptors (Lipinski definition) is 5. The van der Waals surface area contributed by atoms with Gasteiger partial charge in [0.25, 0.3) is 0 Å². The molecule has 1 aromatic rings. The van der Waals surface area contributed by atoms with Gasteiger partial charge in [-0.25, -0.2) is 8.42 Å². The van der Waals surface area contributed by atoms with Gasteiger partial charge in [0.15, 0.2) is 0 Å². The number of benzene rings is 1. The predicted molar refractivity (Wildman–Crippen MR) is 76.9 cm³/mol. The molecule has 2 atom stereocenters. The van der Waals surface area contributed by atoms with E-state index in [2.05, 4.69) is 0 Å². The van der Waals surface area contributed by atoms with Crippen LogP contribution in [0.25, 0.3) is 0 Å². The highest BCUT2D eigenvalue weighted by molar-refractivity contribution is 7.88. The molecule has 0 spiro atoms. The summed E-state index contributed by atoms with van der Waals surface area (Å²) in [6.07, 6.45) is 0.102. The van der Waals surface area contributed by atoms with Crippen molar-refractivity contribution in [3.63, 3.8) is 0 Å². The number of likely N-dealkylation sites (N-methyl/N-ethyl adjacent to an activating group) is 1. The number of nitrogen functional groups attached to an aromatic ring is 1. The lowest BCUT2D eigenvalue weighted by Gasteiger charge is -2.44. The molecule has 1 aliphatic rings. The van der Waals surface area contributed by atoms with Crippen molar-refractivity contribution in [2.75, 3.05) is 19.0 Å². The Bertz CT molecular complexity index is 627. The van der Waals surface area contributed by atoms with Gasteiger partial charge in [-0.3, -0.25) is 0 Å². The number of nitrogens with zero attached hydrogens (tertiary/aromatic N) is 1. The fourth-order valence-electron chi connectivity index (χ4n) is 2.39. The molecule has 0 aliphatic carbocycles. The van der Waals surface area contributed by atoms with E-state index in [1.807, 2.05) is 0 Å². The van der Waals surface area contributed by atoms with Crippen molar-refractivity contribution in [2.24, 2.45) is 0 Å². The number of nitrogens with two attached hydrogens (primary N) is 1. The van der Waals surface area contributed by atoms with E-state index in [9.17, 15) is 13.5 Å². The summed E-state index contributed by atoms with van der Waals surface area (Å²) in [6, 6.07) is 4.29. The molecule has 0 amide bonds. The average molecular weight is 300 g/mol.